The zero-order chi connectivity index (χ0) is 23.7. The van der Waals surface area contributed by atoms with Crippen molar-refractivity contribution in [2.24, 2.45) is 0 Å². The maximum Gasteiger partial charge on any atom is 0.340 e. The minimum atomic E-state index is -0.911. The molecule has 0 heterocycles. The smallest absolute Gasteiger partial charge is 0.340 e. The van der Waals surface area contributed by atoms with Crippen LogP contribution in [0.15, 0.2) is 60.7 Å². The Morgan fingerprint density at radius 1 is 0.939 bits per heavy atom. The number of benzene rings is 3. The van der Waals surface area contributed by atoms with E-state index in [0.29, 0.717) is 5.56 Å². The van der Waals surface area contributed by atoms with Crippen LogP contribution in [0, 0.1) is 5.82 Å². The predicted molar refractivity (Wildman–Crippen MR) is 118 cm³/mol. The Morgan fingerprint density at radius 3 is 2.24 bits per heavy atom. The molecule has 8 heteroatoms. The quantitative estimate of drug-likeness (QED) is 0.444. The fraction of sp³-hybridized carbons (Fsp3) is 0.120. The van der Waals surface area contributed by atoms with E-state index in [4.69, 9.17) is 16.3 Å². The summed E-state index contributed by atoms with van der Waals surface area (Å²) in [6.45, 7) is 1.11. The number of rotatable bonds is 5. The van der Waals surface area contributed by atoms with Crippen LogP contribution in [0.1, 0.15) is 60.7 Å². The number of halogens is 2. The second-order valence-corrected chi connectivity index (χ2v) is 7.85. The van der Waals surface area contributed by atoms with Gasteiger partial charge in [-0.25, -0.2) is 9.18 Å². The minimum absolute atomic E-state index is 0.0656. The molecule has 3 aromatic carbocycles. The fourth-order valence-electron chi connectivity index (χ4n) is 3.63. The number of carbonyl (C=O) groups is 4. The Labute approximate surface area is 193 Å². The summed E-state index contributed by atoms with van der Waals surface area (Å²) in [5.41, 5.74) is 1.06. The van der Waals surface area contributed by atoms with E-state index in [1.165, 1.54) is 42.5 Å². The van der Waals surface area contributed by atoms with Crippen LogP contribution in [-0.2, 0) is 9.53 Å². The zero-order valence-corrected chi connectivity index (χ0v) is 18.1. The lowest BCUT2D eigenvalue weighted by molar-refractivity contribution is -0.124. The Bertz CT molecular complexity index is 1300. The molecular formula is C25H17ClFNO5. The Morgan fingerprint density at radius 2 is 1.58 bits per heavy atom. The SMILES string of the molecule is CC(NC(=O)COC(=O)c1ccc2c(c1Cl)C(=O)c1ccccc1C2=O)c1ccc(F)cc1. The van der Waals surface area contributed by atoms with Crippen LogP contribution in [0.25, 0.3) is 0 Å². The highest BCUT2D eigenvalue weighted by molar-refractivity contribution is 6.41. The zero-order valence-electron chi connectivity index (χ0n) is 17.4. The van der Waals surface area contributed by atoms with Gasteiger partial charge in [-0.2, -0.15) is 0 Å². The number of amides is 1. The van der Waals surface area contributed by atoms with Crippen molar-refractivity contribution in [3.63, 3.8) is 0 Å². The van der Waals surface area contributed by atoms with E-state index in [1.54, 1.807) is 25.1 Å². The van der Waals surface area contributed by atoms with Gasteiger partial charge in [0.1, 0.15) is 5.82 Å². The molecule has 33 heavy (non-hydrogen) atoms. The Balaban J connectivity index is 1.47. The highest BCUT2D eigenvalue weighted by Crippen LogP contribution is 2.34. The molecule has 0 aliphatic heterocycles. The molecule has 0 aromatic heterocycles. The summed E-state index contributed by atoms with van der Waals surface area (Å²) >= 11 is 6.34. The van der Waals surface area contributed by atoms with Crippen LogP contribution in [0.2, 0.25) is 5.02 Å². The molecule has 1 amide bonds. The van der Waals surface area contributed by atoms with Crippen molar-refractivity contribution < 1.29 is 28.3 Å². The first-order valence-electron chi connectivity index (χ1n) is 10.0. The maximum atomic E-state index is 13.0. The molecule has 1 aliphatic rings. The number of ether oxygens (including phenoxy) is 1. The van der Waals surface area contributed by atoms with Gasteiger partial charge in [0.15, 0.2) is 18.2 Å². The van der Waals surface area contributed by atoms with E-state index in [9.17, 15) is 23.6 Å². The average Bonchev–Trinajstić information content (AvgIpc) is 2.81. The van der Waals surface area contributed by atoms with Crippen molar-refractivity contribution in [3.8, 4) is 0 Å². The molecule has 0 fully saturated rings. The number of hydrogen-bond acceptors (Lipinski definition) is 5. The first-order valence-corrected chi connectivity index (χ1v) is 10.4. The Hall–Kier alpha value is -3.84. The number of carbonyl (C=O) groups excluding carboxylic acids is 4. The number of esters is 1. The Kier molecular flexibility index (Phi) is 6.07. The number of nitrogens with one attached hydrogen (secondary N) is 1. The fourth-order valence-corrected chi connectivity index (χ4v) is 3.96. The van der Waals surface area contributed by atoms with Crippen molar-refractivity contribution in [2.75, 3.05) is 6.61 Å². The van der Waals surface area contributed by atoms with Gasteiger partial charge in [-0.15, -0.1) is 0 Å². The molecule has 1 aliphatic carbocycles. The minimum Gasteiger partial charge on any atom is -0.452 e. The summed E-state index contributed by atoms with van der Waals surface area (Å²) in [6.07, 6.45) is 0. The van der Waals surface area contributed by atoms with Gasteiger partial charge in [0.25, 0.3) is 5.91 Å². The van der Waals surface area contributed by atoms with E-state index >= 15 is 0 Å². The van der Waals surface area contributed by atoms with Gasteiger partial charge in [-0.1, -0.05) is 48.0 Å². The summed E-state index contributed by atoms with van der Waals surface area (Å²) in [6, 6.07) is 14.2. The second kappa shape index (κ2) is 8.96. The third kappa shape index (κ3) is 4.27. The van der Waals surface area contributed by atoms with Crippen LogP contribution in [-0.4, -0.2) is 30.0 Å². The number of fused-ring (bicyclic) bond motifs is 2. The van der Waals surface area contributed by atoms with Crippen LogP contribution < -0.4 is 5.32 Å². The van der Waals surface area contributed by atoms with Crippen LogP contribution in [0.3, 0.4) is 0 Å². The number of hydrogen-bond donors (Lipinski definition) is 1. The van der Waals surface area contributed by atoms with Crippen molar-refractivity contribution in [2.45, 2.75) is 13.0 Å². The van der Waals surface area contributed by atoms with Crippen molar-refractivity contribution in [3.05, 3.63) is 105 Å². The molecule has 0 saturated heterocycles. The summed E-state index contributed by atoms with van der Waals surface area (Å²) in [5, 5.41) is 2.44. The molecule has 1 atom stereocenters. The van der Waals surface area contributed by atoms with Gasteiger partial charge in [-0.05, 0) is 36.8 Å². The topological polar surface area (TPSA) is 89.5 Å². The summed E-state index contributed by atoms with van der Waals surface area (Å²) in [5.74, 6) is -2.71. The lowest BCUT2D eigenvalue weighted by Crippen LogP contribution is -2.31. The van der Waals surface area contributed by atoms with Gasteiger partial charge in [0.2, 0.25) is 0 Å². The third-order valence-corrected chi connectivity index (χ3v) is 5.72. The van der Waals surface area contributed by atoms with Gasteiger partial charge >= 0.3 is 5.97 Å². The molecule has 4 rings (SSSR count). The number of ketones is 2. The predicted octanol–water partition coefficient (Wildman–Crippen LogP) is 4.29. The van der Waals surface area contributed by atoms with Gasteiger partial charge in [0.05, 0.1) is 22.2 Å². The first kappa shape index (κ1) is 22.4. The van der Waals surface area contributed by atoms with Crippen LogP contribution in [0.4, 0.5) is 4.39 Å². The third-order valence-electron chi connectivity index (χ3n) is 5.33. The highest BCUT2D eigenvalue weighted by atomic mass is 35.5. The molecule has 6 nitrogen and oxygen atoms in total. The van der Waals surface area contributed by atoms with Crippen LogP contribution in [0.5, 0.6) is 0 Å². The van der Waals surface area contributed by atoms with Crippen molar-refractivity contribution in [1.29, 1.82) is 0 Å². The molecule has 0 spiro atoms. The van der Waals surface area contributed by atoms with E-state index in [2.05, 4.69) is 5.32 Å². The molecular weight excluding hydrogens is 449 g/mol. The summed E-state index contributed by atoms with van der Waals surface area (Å²) in [4.78, 5) is 50.4. The van der Waals surface area contributed by atoms with E-state index in [0.717, 1.165) is 0 Å². The van der Waals surface area contributed by atoms with Crippen LogP contribution >= 0.6 is 11.6 Å². The molecule has 1 N–H and O–H groups in total. The molecule has 0 bridgehead atoms. The molecule has 166 valence electrons. The standard InChI is InChI=1S/C25H17ClFNO5/c1-13(14-6-8-15(27)9-7-14)28-20(29)12-33-25(32)19-11-10-18-21(22(19)26)24(31)17-5-3-2-4-16(17)23(18)30/h2-11,13H,12H2,1H3,(H,28,29). The molecule has 0 radical (unpaired) electrons. The van der Waals surface area contributed by atoms with Gasteiger partial charge in [0, 0.05) is 16.7 Å². The molecule has 0 saturated carbocycles. The summed E-state index contributed by atoms with van der Waals surface area (Å²) in [7, 11) is 0. The largest absolute Gasteiger partial charge is 0.452 e. The first-order chi connectivity index (χ1) is 15.8. The highest BCUT2D eigenvalue weighted by Gasteiger charge is 2.33. The summed E-state index contributed by atoms with van der Waals surface area (Å²) < 4.78 is 18.1. The van der Waals surface area contributed by atoms with Crippen molar-refractivity contribution in [1.82, 2.24) is 5.32 Å². The molecule has 1 unspecified atom stereocenters. The lowest BCUT2D eigenvalue weighted by Gasteiger charge is -2.19. The van der Waals surface area contributed by atoms with E-state index < -0.39 is 36.1 Å². The maximum absolute atomic E-state index is 13.0. The van der Waals surface area contributed by atoms with E-state index in [1.807, 2.05) is 0 Å². The van der Waals surface area contributed by atoms with Crippen molar-refractivity contribution >= 4 is 35.0 Å². The average molecular weight is 466 g/mol. The van der Waals surface area contributed by atoms with Gasteiger partial charge in [-0.3, -0.25) is 14.4 Å². The normalized spacial score (nSPS) is 13.1. The lowest BCUT2D eigenvalue weighted by atomic mass is 9.83. The van der Waals surface area contributed by atoms with E-state index in [-0.39, 0.29) is 38.6 Å². The second-order valence-electron chi connectivity index (χ2n) is 7.47. The molecule has 3 aromatic rings. The van der Waals surface area contributed by atoms with Gasteiger partial charge < -0.3 is 10.1 Å². The monoisotopic (exact) mass is 465 g/mol.